The van der Waals surface area contributed by atoms with Crippen LogP contribution >= 0.6 is 0 Å². The average molecular weight is 279 g/mol. The maximum atomic E-state index is 12.4. The normalized spacial score (nSPS) is 10.4. The lowest BCUT2D eigenvalue weighted by Gasteiger charge is -2.23. The minimum Gasteiger partial charge on any atom is -0.384 e. The van der Waals surface area contributed by atoms with Crippen LogP contribution in [0.25, 0.3) is 0 Å². The fourth-order valence-electron chi connectivity index (χ4n) is 1.66. The monoisotopic (exact) mass is 279 g/mol. The van der Waals surface area contributed by atoms with Gasteiger partial charge in [-0.25, -0.2) is 0 Å². The number of rotatable bonds is 6. The Morgan fingerprint density at radius 2 is 2.10 bits per heavy atom. The summed E-state index contributed by atoms with van der Waals surface area (Å²) in [6.07, 6.45) is 0.907. The number of nitrogens with one attached hydrogen (secondary N) is 1. The van der Waals surface area contributed by atoms with Crippen molar-refractivity contribution >= 4 is 17.3 Å². The van der Waals surface area contributed by atoms with Crippen molar-refractivity contribution in [2.45, 2.75) is 33.2 Å². The molecule has 20 heavy (non-hydrogen) atoms. The molecule has 1 N–H and O–H groups in total. The second-order valence-electron chi connectivity index (χ2n) is 4.92. The first-order valence-electron chi connectivity index (χ1n) is 6.68. The maximum Gasteiger partial charge on any atom is 0.270 e. The number of carbonyl (C=O) groups is 1. The van der Waals surface area contributed by atoms with Crippen LogP contribution in [0.3, 0.4) is 0 Å². The molecule has 0 bridgehead atoms. The molecule has 0 saturated carbocycles. The zero-order valence-corrected chi connectivity index (χ0v) is 12.3. The first-order valence-corrected chi connectivity index (χ1v) is 6.68. The van der Waals surface area contributed by atoms with Crippen LogP contribution in [-0.4, -0.2) is 35.4 Å². The molecule has 1 aromatic carbocycles. The van der Waals surface area contributed by atoms with Gasteiger partial charge in [0, 0.05) is 37.5 Å². The zero-order valence-electron chi connectivity index (χ0n) is 12.3. The van der Waals surface area contributed by atoms with Gasteiger partial charge in [0.1, 0.15) is 0 Å². The molecule has 1 aromatic rings. The van der Waals surface area contributed by atoms with Crippen LogP contribution in [0.15, 0.2) is 18.2 Å². The largest absolute Gasteiger partial charge is 0.384 e. The summed E-state index contributed by atoms with van der Waals surface area (Å²) in [5, 5.41) is 14.0. The third kappa shape index (κ3) is 3.69. The van der Waals surface area contributed by atoms with E-state index in [1.807, 2.05) is 20.8 Å². The molecule has 6 heteroatoms. The summed E-state index contributed by atoms with van der Waals surface area (Å²) in [7, 11) is 1.69. The topological polar surface area (TPSA) is 75.5 Å². The van der Waals surface area contributed by atoms with E-state index in [0.29, 0.717) is 17.8 Å². The highest BCUT2D eigenvalue weighted by atomic mass is 16.6. The Balaban J connectivity index is 3.19. The van der Waals surface area contributed by atoms with Crippen LogP contribution in [0.1, 0.15) is 37.6 Å². The predicted molar refractivity (Wildman–Crippen MR) is 79.1 cm³/mol. The van der Waals surface area contributed by atoms with E-state index < -0.39 is 4.92 Å². The standard InChI is InChI=1S/C14H21N3O3/c1-5-8-15-13-7-6-11(17(19)20)9-12(13)14(18)16(4)10(2)3/h6-7,9-10,15H,5,8H2,1-4H3. The summed E-state index contributed by atoms with van der Waals surface area (Å²) >= 11 is 0. The fraction of sp³-hybridized carbons (Fsp3) is 0.500. The van der Waals surface area contributed by atoms with Gasteiger partial charge in [-0.15, -0.1) is 0 Å². The minimum absolute atomic E-state index is 0.0285. The van der Waals surface area contributed by atoms with Crippen molar-refractivity contribution in [1.29, 1.82) is 0 Å². The highest BCUT2D eigenvalue weighted by Gasteiger charge is 2.21. The van der Waals surface area contributed by atoms with Crippen molar-refractivity contribution in [3.8, 4) is 0 Å². The van der Waals surface area contributed by atoms with Crippen LogP contribution in [0.4, 0.5) is 11.4 Å². The SMILES string of the molecule is CCCNc1ccc([N+](=O)[O-])cc1C(=O)N(C)C(C)C. The molecule has 0 aliphatic carbocycles. The molecule has 1 amide bonds. The predicted octanol–water partition coefficient (Wildman–Crippen LogP) is 2.90. The first kappa shape index (κ1) is 15.9. The molecule has 0 aliphatic heterocycles. The Bertz CT molecular complexity index is 500. The van der Waals surface area contributed by atoms with Crippen molar-refractivity contribution in [1.82, 2.24) is 4.90 Å². The lowest BCUT2D eigenvalue weighted by molar-refractivity contribution is -0.384. The van der Waals surface area contributed by atoms with Gasteiger partial charge in [-0.2, -0.15) is 0 Å². The number of anilines is 1. The van der Waals surface area contributed by atoms with Crippen LogP contribution in [0, 0.1) is 10.1 Å². The van der Waals surface area contributed by atoms with E-state index in [9.17, 15) is 14.9 Å². The molecular formula is C14H21N3O3. The van der Waals surface area contributed by atoms with Crippen LogP contribution in [0.2, 0.25) is 0 Å². The Labute approximate surface area is 118 Å². The number of hydrogen-bond acceptors (Lipinski definition) is 4. The Morgan fingerprint density at radius 1 is 1.45 bits per heavy atom. The quantitative estimate of drug-likeness (QED) is 0.641. The summed E-state index contributed by atoms with van der Waals surface area (Å²) in [6.45, 7) is 6.52. The molecule has 6 nitrogen and oxygen atoms in total. The number of non-ortho nitro benzene ring substituents is 1. The lowest BCUT2D eigenvalue weighted by atomic mass is 10.1. The third-order valence-electron chi connectivity index (χ3n) is 3.10. The fourth-order valence-corrected chi connectivity index (χ4v) is 1.66. The number of amides is 1. The van der Waals surface area contributed by atoms with E-state index >= 15 is 0 Å². The lowest BCUT2D eigenvalue weighted by Crippen LogP contribution is -2.33. The summed E-state index contributed by atoms with van der Waals surface area (Å²) in [4.78, 5) is 24.3. The van der Waals surface area contributed by atoms with E-state index in [1.54, 1.807) is 18.0 Å². The molecule has 110 valence electrons. The van der Waals surface area contributed by atoms with Gasteiger partial charge in [0.15, 0.2) is 0 Å². The summed E-state index contributed by atoms with van der Waals surface area (Å²) in [5.41, 5.74) is 0.895. The number of nitro benzene ring substituents is 1. The van der Waals surface area contributed by atoms with Gasteiger partial charge in [0.25, 0.3) is 11.6 Å². The Morgan fingerprint density at radius 3 is 2.60 bits per heavy atom. The second kappa shape index (κ2) is 6.88. The van der Waals surface area contributed by atoms with E-state index in [0.717, 1.165) is 6.42 Å². The molecule has 0 aliphatic rings. The number of nitrogens with zero attached hydrogens (tertiary/aromatic N) is 2. The van der Waals surface area contributed by atoms with Gasteiger partial charge in [0.2, 0.25) is 0 Å². The van der Waals surface area contributed by atoms with Crippen LogP contribution < -0.4 is 5.32 Å². The third-order valence-corrected chi connectivity index (χ3v) is 3.10. The number of carbonyl (C=O) groups excluding carboxylic acids is 1. The van der Waals surface area contributed by atoms with E-state index in [4.69, 9.17) is 0 Å². The molecule has 0 unspecified atom stereocenters. The molecule has 0 aromatic heterocycles. The van der Waals surface area contributed by atoms with Crippen molar-refractivity contribution in [3.05, 3.63) is 33.9 Å². The molecular weight excluding hydrogens is 258 g/mol. The van der Waals surface area contributed by atoms with Gasteiger partial charge in [-0.05, 0) is 26.3 Å². The molecule has 0 atom stereocenters. The smallest absolute Gasteiger partial charge is 0.270 e. The average Bonchev–Trinajstić information content (AvgIpc) is 2.42. The molecule has 0 spiro atoms. The van der Waals surface area contributed by atoms with Gasteiger partial charge in [0.05, 0.1) is 10.5 Å². The van der Waals surface area contributed by atoms with Gasteiger partial charge < -0.3 is 10.2 Å². The number of benzene rings is 1. The van der Waals surface area contributed by atoms with Gasteiger partial charge in [-0.3, -0.25) is 14.9 Å². The van der Waals surface area contributed by atoms with E-state index in [2.05, 4.69) is 5.32 Å². The van der Waals surface area contributed by atoms with Crippen LogP contribution in [-0.2, 0) is 0 Å². The molecule has 0 saturated heterocycles. The van der Waals surface area contributed by atoms with E-state index in [-0.39, 0.29) is 17.6 Å². The van der Waals surface area contributed by atoms with Gasteiger partial charge >= 0.3 is 0 Å². The summed E-state index contributed by atoms with van der Waals surface area (Å²) in [5.74, 6) is -0.220. The maximum absolute atomic E-state index is 12.4. The molecule has 1 rings (SSSR count). The highest BCUT2D eigenvalue weighted by molar-refractivity contribution is 6.00. The molecule has 0 heterocycles. The number of nitro groups is 1. The molecule has 0 fully saturated rings. The van der Waals surface area contributed by atoms with Crippen molar-refractivity contribution < 1.29 is 9.72 Å². The second-order valence-corrected chi connectivity index (χ2v) is 4.92. The van der Waals surface area contributed by atoms with Crippen molar-refractivity contribution in [3.63, 3.8) is 0 Å². The zero-order chi connectivity index (χ0) is 15.3. The first-order chi connectivity index (χ1) is 9.38. The highest BCUT2D eigenvalue weighted by Crippen LogP contribution is 2.24. The van der Waals surface area contributed by atoms with Gasteiger partial charge in [-0.1, -0.05) is 6.92 Å². The van der Waals surface area contributed by atoms with Crippen molar-refractivity contribution in [2.75, 3.05) is 18.9 Å². The summed E-state index contributed by atoms with van der Waals surface area (Å²) < 4.78 is 0. The van der Waals surface area contributed by atoms with Crippen LogP contribution in [0.5, 0.6) is 0 Å². The van der Waals surface area contributed by atoms with Crippen molar-refractivity contribution in [2.24, 2.45) is 0 Å². The Kier molecular flexibility index (Phi) is 5.49. The number of hydrogen-bond donors (Lipinski definition) is 1. The summed E-state index contributed by atoms with van der Waals surface area (Å²) in [6, 6.07) is 4.36. The van der Waals surface area contributed by atoms with E-state index in [1.165, 1.54) is 12.1 Å². The minimum atomic E-state index is -0.490. The molecule has 0 radical (unpaired) electrons. The Hall–Kier alpha value is -2.11.